The highest BCUT2D eigenvalue weighted by molar-refractivity contribution is 5.51. The number of rotatable bonds is 3. The molecule has 0 aliphatic heterocycles. The number of benzene rings is 1. The minimum absolute atomic E-state index is 0.0430. The van der Waals surface area contributed by atoms with E-state index in [-0.39, 0.29) is 18.0 Å². The summed E-state index contributed by atoms with van der Waals surface area (Å²) in [7, 11) is 1.41. The van der Waals surface area contributed by atoms with Crippen LogP contribution < -0.4 is 10.5 Å². The summed E-state index contributed by atoms with van der Waals surface area (Å²) in [5.74, 6) is 0.268. The summed E-state index contributed by atoms with van der Waals surface area (Å²) in [5.41, 5.74) is 7.06. The topological polar surface area (TPSA) is 78.4 Å². The number of nitrogens with two attached hydrogens (primary N) is 1. The largest absolute Gasteiger partial charge is 0.490 e. The molecule has 0 bridgehead atoms. The maximum atomic E-state index is 10.6. The lowest BCUT2D eigenvalue weighted by atomic mass is 10.1. The molecule has 0 spiro atoms. The van der Waals surface area contributed by atoms with Gasteiger partial charge in [0.15, 0.2) is 5.75 Å². The molecule has 0 heterocycles. The van der Waals surface area contributed by atoms with Crippen LogP contribution in [0, 0.1) is 17.0 Å². The van der Waals surface area contributed by atoms with Gasteiger partial charge < -0.3 is 10.5 Å². The lowest BCUT2D eigenvalue weighted by Crippen LogP contribution is -2.02. The van der Waals surface area contributed by atoms with Crippen molar-refractivity contribution in [2.24, 2.45) is 5.73 Å². The number of methoxy groups -OCH3 is 1. The molecular formula is C9H12N2O3. The van der Waals surface area contributed by atoms with Crippen molar-refractivity contribution < 1.29 is 9.66 Å². The van der Waals surface area contributed by atoms with Gasteiger partial charge in [-0.25, -0.2) is 0 Å². The van der Waals surface area contributed by atoms with Gasteiger partial charge in [0.1, 0.15) is 0 Å². The van der Waals surface area contributed by atoms with Crippen molar-refractivity contribution in [1.29, 1.82) is 0 Å². The third kappa shape index (κ3) is 1.82. The molecule has 0 amide bonds. The highest BCUT2D eigenvalue weighted by Crippen LogP contribution is 2.29. The van der Waals surface area contributed by atoms with Gasteiger partial charge in [0.25, 0.3) is 0 Å². The maximum absolute atomic E-state index is 10.6. The van der Waals surface area contributed by atoms with E-state index in [1.165, 1.54) is 13.2 Å². The van der Waals surface area contributed by atoms with E-state index in [1.807, 2.05) is 6.92 Å². The van der Waals surface area contributed by atoms with E-state index in [2.05, 4.69) is 0 Å². The predicted molar refractivity (Wildman–Crippen MR) is 52.3 cm³/mol. The van der Waals surface area contributed by atoms with Crippen molar-refractivity contribution in [1.82, 2.24) is 0 Å². The summed E-state index contributed by atoms with van der Waals surface area (Å²) in [4.78, 5) is 10.2. The fourth-order valence-corrected chi connectivity index (χ4v) is 1.24. The van der Waals surface area contributed by atoms with Gasteiger partial charge in [-0.05, 0) is 24.1 Å². The van der Waals surface area contributed by atoms with E-state index >= 15 is 0 Å². The number of hydrogen-bond acceptors (Lipinski definition) is 4. The minimum atomic E-state index is -0.475. The van der Waals surface area contributed by atoms with E-state index < -0.39 is 4.92 Å². The van der Waals surface area contributed by atoms with Gasteiger partial charge in [-0.2, -0.15) is 0 Å². The number of hydrogen-bond donors (Lipinski definition) is 1. The lowest BCUT2D eigenvalue weighted by molar-refractivity contribution is -0.385. The van der Waals surface area contributed by atoms with Crippen molar-refractivity contribution in [2.75, 3.05) is 7.11 Å². The van der Waals surface area contributed by atoms with E-state index in [1.54, 1.807) is 6.07 Å². The van der Waals surface area contributed by atoms with Crippen LogP contribution in [0.15, 0.2) is 12.1 Å². The van der Waals surface area contributed by atoms with Gasteiger partial charge in [-0.3, -0.25) is 10.1 Å². The molecule has 1 rings (SSSR count). The Labute approximate surface area is 81.6 Å². The summed E-state index contributed by atoms with van der Waals surface area (Å²) in [6, 6.07) is 3.08. The molecule has 76 valence electrons. The Kier molecular flexibility index (Phi) is 3.03. The molecular weight excluding hydrogens is 184 g/mol. The molecule has 0 fully saturated rings. The monoisotopic (exact) mass is 196 g/mol. The second kappa shape index (κ2) is 4.06. The van der Waals surface area contributed by atoms with Crippen molar-refractivity contribution in [3.8, 4) is 5.75 Å². The zero-order valence-electron chi connectivity index (χ0n) is 8.11. The second-order valence-corrected chi connectivity index (χ2v) is 2.91. The molecule has 0 unspecified atom stereocenters. The van der Waals surface area contributed by atoms with Crippen molar-refractivity contribution in [2.45, 2.75) is 13.5 Å². The molecule has 5 nitrogen and oxygen atoms in total. The number of nitro groups is 1. The standard InChI is InChI=1S/C9H12N2O3/c1-6-3-9(14-2)8(11(12)13)4-7(6)5-10/h3-4H,5,10H2,1-2H3. The van der Waals surface area contributed by atoms with E-state index in [0.717, 1.165) is 11.1 Å². The van der Waals surface area contributed by atoms with Gasteiger partial charge in [-0.1, -0.05) is 0 Å². The van der Waals surface area contributed by atoms with Crippen LogP contribution in [-0.2, 0) is 6.54 Å². The van der Waals surface area contributed by atoms with Gasteiger partial charge in [-0.15, -0.1) is 0 Å². The molecule has 0 saturated heterocycles. The summed E-state index contributed by atoms with van der Waals surface area (Å²) in [6.45, 7) is 2.13. The van der Waals surface area contributed by atoms with Crippen LogP contribution >= 0.6 is 0 Å². The number of ether oxygens (including phenoxy) is 1. The normalized spacial score (nSPS) is 9.93. The molecule has 0 saturated carbocycles. The zero-order valence-corrected chi connectivity index (χ0v) is 8.11. The van der Waals surface area contributed by atoms with E-state index in [4.69, 9.17) is 10.5 Å². The fourth-order valence-electron chi connectivity index (χ4n) is 1.24. The van der Waals surface area contributed by atoms with Crippen LogP contribution in [0.5, 0.6) is 5.75 Å². The molecule has 0 atom stereocenters. The highest BCUT2D eigenvalue weighted by atomic mass is 16.6. The third-order valence-corrected chi connectivity index (χ3v) is 2.05. The van der Waals surface area contributed by atoms with Crippen LogP contribution in [0.1, 0.15) is 11.1 Å². The minimum Gasteiger partial charge on any atom is -0.490 e. The third-order valence-electron chi connectivity index (χ3n) is 2.05. The first kappa shape index (κ1) is 10.5. The Bertz CT molecular complexity index is 363. The smallest absolute Gasteiger partial charge is 0.311 e. The Morgan fingerprint density at radius 2 is 2.21 bits per heavy atom. The van der Waals surface area contributed by atoms with Gasteiger partial charge in [0.2, 0.25) is 0 Å². The van der Waals surface area contributed by atoms with Crippen LogP contribution in [0.2, 0.25) is 0 Å². The molecule has 0 aliphatic rings. The van der Waals surface area contributed by atoms with Gasteiger partial charge in [0.05, 0.1) is 12.0 Å². The first-order valence-electron chi connectivity index (χ1n) is 4.12. The Balaban J connectivity index is 3.32. The van der Waals surface area contributed by atoms with Crippen molar-refractivity contribution >= 4 is 5.69 Å². The van der Waals surface area contributed by atoms with Crippen molar-refractivity contribution in [3.05, 3.63) is 33.4 Å². The Morgan fingerprint density at radius 1 is 1.57 bits per heavy atom. The molecule has 1 aromatic rings. The summed E-state index contributed by atoms with van der Waals surface area (Å²) in [6.07, 6.45) is 0. The molecule has 2 N–H and O–H groups in total. The van der Waals surface area contributed by atoms with E-state index in [0.29, 0.717) is 0 Å². The van der Waals surface area contributed by atoms with Gasteiger partial charge >= 0.3 is 5.69 Å². The van der Waals surface area contributed by atoms with Gasteiger partial charge in [0, 0.05) is 12.6 Å². The SMILES string of the molecule is COc1cc(C)c(CN)cc1[N+](=O)[O-]. The number of aryl methyl sites for hydroxylation is 1. The summed E-state index contributed by atoms with van der Waals surface area (Å²) in [5, 5.41) is 10.6. The quantitative estimate of drug-likeness (QED) is 0.585. The summed E-state index contributed by atoms with van der Waals surface area (Å²) < 4.78 is 4.90. The first-order chi connectivity index (χ1) is 6.60. The molecule has 1 aromatic carbocycles. The number of nitro benzene ring substituents is 1. The molecule has 5 heteroatoms. The predicted octanol–water partition coefficient (Wildman–Crippen LogP) is 1.37. The van der Waals surface area contributed by atoms with Crippen LogP contribution in [0.25, 0.3) is 0 Å². The van der Waals surface area contributed by atoms with Crippen LogP contribution in [0.3, 0.4) is 0 Å². The maximum Gasteiger partial charge on any atom is 0.311 e. The highest BCUT2D eigenvalue weighted by Gasteiger charge is 2.16. The fraction of sp³-hybridized carbons (Fsp3) is 0.333. The second-order valence-electron chi connectivity index (χ2n) is 2.91. The van der Waals surface area contributed by atoms with Crippen LogP contribution in [0.4, 0.5) is 5.69 Å². The zero-order chi connectivity index (χ0) is 10.7. The molecule has 0 aliphatic carbocycles. The van der Waals surface area contributed by atoms with E-state index in [9.17, 15) is 10.1 Å². The summed E-state index contributed by atoms with van der Waals surface area (Å²) >= 11 is 0. The first-order valence-corrected chi connectivity index (χ1v) is 4.12. The average molecular weight is 196 g/mol. The van der Waals surface area contributed by atoms with Crippen LogP contribution in [-0.4, -0.2) is 12.0 Å². The Morgan fingerprint density at radius 3 is 2.64 bits per heavy atom. The lowest BCUT2D eigenvalue weighted by Gasteiger charge is -2.06. The molecule has 14 heavy (non-hydrogen) atoms. The average Bonchev–Trinajstić information content (AvgIpc) is 2.16. The van der Waals surface area contributed by atoms with Crippen molar-refractivity contribution in [3.63, 3.8) is 0 Å². The number of nitrogens with zero attached hydrogens (tertiary/aromatic N) is 1. The molecule has 0 aromatic heterocycles. The Hall–Kier alpha value is -1.62. The molecule has 0 radical (unpaired) electrons.